The van der Waals surface area contributed by atoms with Crippen molar-refractivity contribution < 1.29 is 4.79 Å². The Hall–Kier alpha value is -2.16. The molecule has 0 aliphatic carbocycles. The molecule has 1 aromatic heterocycles. The fourth-order valence-corrected chi connectivity index (χ4v) is 1.81. The second-order valence-electron chi connectivity index (χ2n) is 4.54. The average molecular weight is 259 g/mol. The predicted molar refractivity (Wildman–Crippen MR) is 70.1 cm³/mol. The van der Waals surface area contributed by atoms with Gasteiger partial charge in [-0.05, 0) is 0 Å². The molecule has 0 fully saturated rings. The number of carbonyl (C=O) groups excluding carboxylic acids is 1. The van der Waals surface area contributed by atoms with Crippen molar-refractivity contribution in [2.45, 2.75) is 37.9 Å². The lowest BCUT2D eigenvalue weighted by Gasteiger charge is -2.09. The first kappa shape index (κ1) is 13.3. The number of imidazole rings is 1. The van der Waals surface area contributed by atoms with Crippen LogP contribution in [0.1, 0.15) is 25.7 Å². The third-order valence-corrected chi connectivity index (χ3v) is 3.06. The van der Waals surface area contributed by atoms with Crippen molar-refractivity contribution in [3.8, 4) is 12.3 Å². The maximum Gasteiger partial charge on any atom is 0.220 e. The number of hydrogen-bond acceptors (Lipinski definition) is 4. The van der Waals surface area contributed by atoms with E-state index in [-0.39, 0.29) is 11.6 Å². The molecule has 100 valence electrons. The van der Waals surface area contributed by atoms with Crippen molar-refractivity contribution in [1.29, 1.82) is 0 Å². The zero-order valence-electron chi connectivity index (χ0n) is 10.7. The van der Waals surface area contributed by atoms with Gasteiger partial charge < -0.3 is 9.88 Å². The molecule has 0 atom stereocenters. The van der Waals surface area contributed by atoms with Crippen molar-refractivity contribution in [3.63, 3.8) is 0 Å². The molecule has 6 heteroatoms. The summed E-state index contributed by atoms with van der Waals surface area (Å²) in [7, 11) is 0. The van der Waals surface area contributed by atoms with Gasteiger partial charge in [0.05, 0.1) is 6.33 Å². The standard InChI is InChI=1S/C13H17N5O/c1-2-3-5-13(16-17-13)6-4-12(19)15-8-10-18-9-7-14-11-18/h1,7,9,11H,3-6,8,10H2,(H,15,19). The van der Waals surface area contributed by atoms with E-state index >= 15 is 0 Å². The zero-order chi connectivity index (χ0) is 13.6. The third-order valence-electron chi connectivity index (χ3n) is 3.06. The van der Waals surface area contributed by atoms with Crippen molar-refractivity contribution in [2.75, 3.05) is 6.54 Å². The highest BCUT2D eigenvalue weighted by molar-refractivity contribution is 5.75. The van der Waals surface area contributed by atoms with Crippen LogP contribution in [0.5, 0.6) is 0 Å². The minimum Gasteiger partial charge on any atom is -0.354 e. The quantitative estimate of drug-likeness (QED) is 0.716. The van der Waals surface area contributed by atoms with Crippen LogP contribution in [0.2, 0.25) is 0 Å². The Morgan fingerprint density at radius 1 is 1.42 bits per heavy atom. The fourth-order valence-electron chi connectivity index (χ4n) is 1.81. The average Bonchev–Trinajstić information content (AvgIpc) is 3.00. The second-order valence-corrected chi connectivity index (χ2v) is 4.54. The first-order chi connectivity index (χ1) is 9.24. The van der Waals surface area contributed by atoms with Crippen molar-refractivity contribution in [2.24, 2.45) is 10.2 Å². The summed E-state index contributed by atoms with van der Waals surface area (Å²) >= 11 is 0. The maximum atomic E-state index is 11.7. The zero-order valence-corrected chi connectivity index (χ0v) is 10.7. The van der Waals surface area contributed by atoms with E-state index in [0.717, 1.165) is 13.0 Å². The minimum atomic E-state index is -0.367. The highest BCUT2D eigenvalue weighted by atomic mass is 16.1. The monoisotopic (exact) mass is 259 g/mol. The molecule has 0 unspecified atom stereocenters. The van der Waals surface area contributed by atoms with Crippen molar-refractivity contribution >= 4 is 5.91 Å². The topological polar surface area (TPSA) is 71.6 Å². The van der Waals surface area contributed by atoms with Crippen molar-refractivity contribution in [3.05, 3.63) is 18.7 Å². The Morgan fingerprint density at radius 2 is 2.26 bits per heavy atom. The van der Waals surface area contributed by atoms with Gasteiger partial charge in [0, 0.05) is 51.2 Å². The number of nitrogens with zero attached hydrogens (tertiary/aromatic N) is 4. The van der Waals surface area contributed by atoms with E-state index < -0.39 is 0 Å². The molecule has 0 saturated carbocycles. The van der Waals surface area contributed by atoms with E-state index in [4.69, 9.17) is 6.42 Å². The summed E-state index contributed by atoms with van der Waals surface area (Å²) in [5, 5.41) is 10.9. The molecule has 1 aliphatic rings. The molecule has 0 saturated heterocycles. The molecule has 1 aliphatic heterocycles. The summed E-state index contributed by atoms with van der Waals surface area (Å²) in [5.74, 6) is 2.60. The third kappa shape index (κ3) is 4.21. The Morgan fingerprint density at radius 3 is 2.89 bits per heavy atom. The molecular weight excluding hydrogens is 242 g/mol. The number of rotatable bonds is 8. The lowest BCUT2D eigenvalue weighted by atomic mass is 10.0. The Labute approximate surface area is 112 Å². The molecule has 1 amide bonds. The maximum absolute atomic E-state index is 11.7. The first-order valence-electron chi connectivity index (χ1n) is 6.34. The molecule has 0 bridgehead atoms. The molecule has 1 N–H and O–H groups in total. The van der Waals surface area contributed by atoms with E-state index in [1.54, 1.807) is 12.5 Å². The molecule has 6 nitrogen and oxygen atoms in total. The van der Waals surface area contributed by atoms with E-state index in [2.05, 4.69) is 26.4 Å². The van der Waals surface area contributed by atoms with Gasteiger partial charge in [0.15, 0.2) is 5.66 Å². The van der Waals surface area contributed by atoms with Gasteiger partial charge in [0.2, 0.25) is 5.91 Å². The van der Waals surface area contributed by atoms with Crippen molar-refractivity contribution in [1.82, 2.24) is 14.9 Å². The molecule has 1 aromatic rings. The molecule has 19 heavy (non-hydrogen) atoms. The number of aromatic nitrogens is 2. The Balaban J connectivity index is 1.59. The summed E-state index contributed by atoms with van der Waals surface area (Å²) in [4.78, 5) is 15.6. The summed E-state index contributed by atoms with van der Waals surface area (Å²) in [5.41, 5.74) is -0.367. The normalized spacial score (nSPS) is 14.9. The highest BCUT2D eigenvalue weighted by Crippen LogP contribution is 2.37. The highest BCUT2D eigenvalue weighted by Gasteiger charge is 2.39. The molecule has 0 aromatic carbocycles. The summed E-state index contributed by atoms with van der Waals surface area (Å²) in [6.07, 6.45) is 13.0. The van der Waals surface area contributed by atoms with E-state index in [1.165, 1.54) is 0 Å². The van der Waals surface area contributed by atoms with Gasteiger partial charge in [-0.15, -0.1) is 12.3 Å². The van der Waals surface area contributed by atoms with Crippen LogP contribution in [0.3, 0.4) is 0 Å². The Kier molecular flexibility index (Phi) is 4.29. The van der Waals surface area contributed by atoms with Crippen LogP contribution in [-0.2, 0) is 11.3 Å². The molecule has 0 radical (unpaired) electrons. The van der Waals surface area contributed by atoms with E-state index in [0.29, 0.717) is 25.8 Å². The molecule has 0 spiro atoms. The SMILES string of the molecule is C#CCCC1(CCC(=O)NCCn2ccnc2)N=N1. The van der Waals surface area contributed by atoms with Gasteiger partial charge in [-0.3, -0.25) is 4.79 Å². The van der Waals surface area contributed by atoms with Crippen LogP contribution in [0.15, 0.2) is 28.9 Å². The molecule has 2 heterocycles. The predicted octanol–water partition coefficient (Wildman–Crippen LogP) is 1.35. The fraction of sp³-hybridized carbons (Fsp3) is 0.538. The molecular formula is C13H17N5O. The smallest absolute Gasteiger partial charge is 0.220 e. The molecule has 2 rings (SSSR count). The minimum absolute atomic E-state index is 0.0255. The van der Waals surface area contributed by atoms with Crippen LogP contribution >= 0.6 is 0 Å². The van der Waals surface area contributed by atoms with Crippen LogP contribution in [-0.4, -0.2) is 27.7 Å². The van der Waals surface area contributed by atoms with Gasteiger partial charge in [-0.25, -0.2) is 4.98 Å². The van der Waals surface area contributed by atoms with Crippen LogP contribution in [0.4, 0.5) is 0 Å². The number of nitrogens with one attached hydrogen (secondary N) is 1. The number of carbonyl (C=O) groups is 1. The van der Waals surface area contributed by atoms with Gasteiger partial charge in [0.1, 0.15) is 0 Å². The second kappa shape index (κ2) is 6.14. The van der Waals surface area contributed by atoms with Crippen LogP contribution in [0.25, 0.3) is 0 Å². The Bertz CT molecular complexity index is 480. The summed E-state index contributed by atoms with van der Waals surface area (Å²) < 4.78 is 1.92. The van der Waals surface area contributed by atoms with E-state index in [1.807, 2.05) is 10.8 Å². The van der Waals surface area contributed by atoms with Gasteiger partial charge >= 0.3 is 0 Å². The number of terminal acetylenes is 1. The summed E-state index contributed by atoms with van der Waals surface area (Å²) in [6, 6.07) is 0. The number of amides is 1. The van der Waals surface area contributed by atoms with Crippen LogP contribution < -0.4 is 5.32 Å². The lowest BCUT2D eigenvalue weighted by molar-refractivity contribution is -0.121. The van der Waals surface area contributed by atoms with E-state index in [9.17, 15) is 4.79 Å². The number of hydrogen-bond donors (Lipinski definition) is 1. The van der Waals surface area contributed by atoms with Crippen LogP contribution in [0, 0.1) is 12.3 Å². The van der Waals surface area contributed by atoms with Gasteiger partial charge in [0.25, 0.3) is 0 Å². The lowest BCUT2D eigenvalue weighted by Crippen LogP contribution is -2.28. The first-order valence-corrected chi connectivity index (χ1v) is 6.34. The summed E-state index contributed by atoms with van der Waals surface area (Å²) in [6.45, 7) is 1.32. The largest absolute Gasteiger partial charge is 0.354 e. The van der Waals surface area contributed by atoms with Gasteiger partial charge in [-0.2, -0.15) is 10.2 Å². The van der Waals surface area contributed by atoms with Gasteiger partial charge in [-0.1, -0.05) is 0 Å².